The first-order chi connectivity index (χ1) is 15.5. The summed E-state index contributed by atoms with van der Waals surface area (Å²) in [4.78, 5) is 31.3. The molecule has 0 bridgehead atoms. The minimum atomic E-state index is -0.0951. The molecule has 0 unspecified atom stereocenters. The molecule has 0 spiro atoms. The van der Waals surface area contributed by atoms with Gasteiger partial charge in [-0.05, 0) is 48.4 Å². The van der Waals surface area contributed by atoms with E-state index >= 15 is 0 Å². The topological polar surface area (TPSA) is 56.9 Å². The van der Waals surface area contributed by atoms with Gasteiger partial charge in [0.25, 0.3) is 11.1 Å². The maximum Gasteiger partial charge on any atom is 0.260 e. The molecule has 164 valence electrons. The third-order valence-electron chi connectivity index (χ3n) is 7.35. The standard InChI is InChI=1S/C27H29N3O2/c1-18-7-6-10-25(19(18)2)30-16-13-24-22(27(30)32)17-21-23(28-24)12-15-29(26(21)31)14-11-20-8-4-3-5-9-20/h3-5,8-9,12-13,15-19,25H,6-7,10-11,14H2,1-2H3/t18-,19+,25-/m1/s1. The lowest BCUT2D eigenvalue weighted by Crippen LogP contribution is -2.33. The third kappa shape index (κ3) is 3.66. The van der Waals surface area contributed by atoms with Crippen LogP contribution in [0.4, 0.5) is 0 Å². The average molecular weight is 428 g/mol. The normalized spacial score (nSPS) is 21.2. The highest BCUT2D eigenvalue weighted by atomic mass is 16.1. The van der Waals surface area contributed by atoms with Crippen molar-refractivity contribution in [1.29, 1.82) is 0 Å². The number of nitrogens with zero attached hydrogens (tertiary/aromatic N) is 3. The van der Waals surface area contributed by atoms with Gasteiger partial charge in [0.1, 0.15) is 0 Å². The van der Waals surface area contributed by atoms with Crippen molar-refractivity contribution >= 4 is 21.8 Å². The molecule has 0 saturated heterocycles. The predicted molar refractivity (Wildman–Crippen MR) is 129 cm³/mol. The molecule has 0 aliphatic heterocycles. The van der Waals surface area contributed by atoms with Crippen molar-refractivity contribution in [1.82, 2.24) is 14.1 Å². The van der Waals surface area contributed by atoms with Gasteiger partial charge in [0.15, 0.2) is 0 Å². The molecule has 1 aromatic carbocycles. The van der Waals surface area contributed by atoms with Crippen LogP contribution in [0.3, 0.4) is 0 Å². The third-order valence-corrected chi connectivity index (χ3v) is 7.35. The zero-order chi connectivity index (χ0) is 22.2. The second kappa shape index (κ2) is 8.38. The Labute approximate surface area is 187 Å². The van der Waals surface area contributed by atoms with Gasteiger partial charge in [0.2, 0.25) is 0 Å². The maximum atomic E-state index is 13.4. The van der Waals surface area contributed by atoms with Crippen LogP contribution < -0.4 is 11.1 Å². The van der Waals surface area contributed by atoms with Gasteiger partial charge in [-0.2, -0.15) is 0 Å². The summed E-state index contributed by atoms with van der Waals surface area (Å²) in [6.07, 6.45) is 7.85. The molecule has 5 heteroatoms. The van der Waals surface area contributed by atoms with E-state index in [1.165, 1.54) is 12.0 Å². The number of aromatic nitrogens is 3. The van der Waals surface area contributed by atoms with Gasteiger partial charge in [0, 0.05) is 25.0 Å². The Morgan fingerprint density at radius 3 is 2.41 bits per heavy atom. The molecule has 3 atom stereocenters. The van der Waals surface area contributed by atoms with Crippen LogP contribution in [0, 0.1) is 11.8 Å². The lowest BCUT2D eigenvalue weighted by atomic mass is 9.78. The maximum absolute atomic E-state index is 13.4. The van der Waals surface area contributed by atoms with E-state index in [1.54, 1.807) is 16.8 Å². The Kier molecular flexibility index (Phi) is 5.41. The molecule has 32 heavy (non-hydrogen) atoms. The molecule has 1 fully saturated rings. The van der Waals surface area contributed by atoms with Crippen LogP contribution in [-0.2, 0) is 13.0 Å². The van der Waals surface area contributed by atoms with E-state index < -0.39 is 0 Å². The molecule has 5 nitrogen and oxygen atoms in total. The summed E-state index contributed by atoms with van der Waals surface area (Å²) >= 11 is 0. The molecule has 4 aromatic rings. The summed E-state index contributed by atoms with van der Waals surface area (Å²) in [7, 11) is 0. The van der Waals surface area contributed by atoms with Crippen molar-refractivity contribution in [3.05, 3.63) is 87.2 Å². The number of hydrogen-bond acceptors (Lipinski definition) is 3. The van der Waals surface area contributed by atoms with Crippen molar-refractivity contribution in [2.45, 2.75) is 52.1 Å². The smallest absolute Gasteiger partial charge is 0.260 e. The minimum Gasteiger partial charge on any atom is -0.315 e. The van der Waals surface area contributed by atoms with Crippen molar-refractivity contribution in [2.24, 2.45) is 11.8 Å². The summed E-state index contributed by atoms with van der Waals surface area (Å²) in [6, 6.07) is 15.9. The van der Waals surface area contributed by atoms with E-state index in [-0.39, 0.29) is 17.2 Å². The summed E-state index contributed by atoms with van der Waals surface area (Å²) in [5.41, 5.74) is 2.34. The lowest BCUT2D eigenvalue weighted by molar-refractivity contribution is 0.183. The van der Waals surface area contributed by atoms with Crippen LogP contribution in [-0.4, -0.2) is 14.1 Å². The van der Waals surface area contributed by atoms with Crippen LogP contribution in [0.2, 0.25) is 0 Å². The molecule has 3 heterocycles. The van der Waals surface area contributed by atoms with Crippen LogP contribution >= 0.6 is 0 Å². The highest BCUT2D eigenvalue weighted by molar-refractivity contribution is 5.91. The van der Waals surface area contributed by atoms with Gasteiger partial charge in [-0.1, -0.05) is 57.0 Å². The number of hydrogen-bond donors (Lipinski definition) is 0. The quantitative estimate of drug-likeness (QED) is 0.433. The van der Waals surface area contributed by atoms with Gasteiger partial charge >= 0.3 is 0 Å². The van der Waals surface area contributed by atoms with Gasteiger partial charge in [-0.15, -0.1) is 0 Å². The molecular weight excluding hydrogens is 398 g/mol. The molecule has 1 aliphatic rings. The van der Waals surface area contributed by atoms with E-state index in [2.05, 4.69) is 31.0 Å². The van der Waals surface area contributed by atoms with Crippen LogP contribution in [0.5, 0.6) is 0 Å². The van der Waals surface area contributed by atoms with Crippen LogP contribution in [0.1, 0.15) is 44.7 Å². The fourth-order valence-corrected chi connectivity index (χ4v) is 5.16. The largest absolute Gasteiger partial charge is 0.315 e. The summed E-state index contributed by atoms with van der Waals surface area (Å²) < 4.78 is 3.60. The summed E-state index contributed by atoms with van der Waals surface area (Å²) in [5, 5.41) is 1.04. The zero-order valence-electron chi connectivity index (χ0n) is 18.7. The van der Waals surface area contributed by atoms with Crippen molar-refractivity contribution in [3.63, 3.8) is 0 Å². The first kappa shape index (κ1) is 20.7. The van der Waals surface area contributed by atoms with E-state index in [4.69, 9.17) is 0 Å². The van der Waals surface area contributed by atoms with Gasteiger partial charge < -0.3 is 9.13 Å². The number of fused-ring (bicyclic) bond motifs is 2. The lowest BCUT2D eigenvalue weighted by Gasteiger charge is -2.35. The summed E-state index contributed by atoms with van der Waals surface area (Å²) in [6.45, 7) is 5.11. The minimum absolute atomic E-state index is 0.0399. The molecule has 1 saturated carbocycles. The Balaban J connectivity index is 1.56. The van der Waals surface area contributed by atoms with Crippen molar-refractivity contribution in [3.8, 4) is 0 Å². The molecule has 0 amide bonds. The highest BCUT2D eigenvalue weighted by Crippen LogP contribution is 2.37. The first-order valence-corrected chi connectivity index (χ1v) is 11.6. The van der Waals surface area contributed by atoms with Gasteiger partial charge in [-0.25, -0.2) is 4.98 Å². The molecule has 3 aromatic heterocycles. The van der Waals surface area contributed by atoms with Crippen LogP contribution in [0.15, 0.2) is 70.5 Å². The van der Waals surface area contributed by atoms with Crippen molar-refractivity contribution in [2.75, 3.05) is 0 Å². The van der Waals surface area contributed by atoms with Gasteiger partial charge in [0.05, 0.1) is 21.8 Å². The zero-order valence-corrected chi connectivity index (χ0v) is 18.7. The predicted octanol–water partition coefficient (Wildman–Crippen LogP) is 4.95. The Morgan fingerprint density at radius 1 is 0.906 bits per heavy atom. The van der Waals surface area contributed by atoms with Crippen molar-refractivity contribution < 1.29 is 0 Å². The van der Waals surface area contributed by atoms with Gasteiger partial charge in [-0.3, -0.25) is 9.59 Å². The molecule has 0 radical (unpaired) electrons. The molecule has 5 rings (SSSR count). The average Bonchev–Trinajstić information content (AvgIpc) is 2.81. The molecular formula is C27H29N3O2. The number of benzene rings is 1. The number of pyridine rings is 3. The summed E-state index contributed by atoms with van der Waals surface area (Å²) in [5.74, 6) is 1.05. The highest BCUT2D eigenvalue weighted by Gasteiger charge is 2.29. The fraction of sp³-hybridized carbons (Fsp3) is 0.370. The van der Waals surface area contributed by atoms with E-state index in [0.717, 1.165) is 19.3 Å². The second-order valence-corrected chi connectivity index (χ2v) is 9.27. The molecule has 0 N–H and O–H groups in total. The molecule has 1 aliphatic carbocycles. The monoisotopic (exact) mass is 427 g/mol. The van der Waals surface area contributed by atoms with Crippen LogP contribution in [0.25, 0.3) is 21.8 Å². The number of aryl methyl sites for hydroxylation is 2. The fourth-order valence-electron chi connectivity index (χ4n) is 5.16. The number of rotatable bonds is 4. The second-order valence-electron chi connectivity index (χ2n) is 9.27. The van der Waals surface area contributed by atoms with E-state index in [0.29, 0.717) is 40.2 Å². The Bertz CT molecular complexity index is 1390. The SMILES string of the molecule is C[C@H]1[C@H](C)CCC[C@H]1n1ccc2nc3ccn(CCc4ccccc4)c(=O)c3cc2c1=O. The van der Waals surface area contributed by atoms with E-state index in [9.17, 15) is 9.59 Å². The first-order valence-electron chi connectivity index (χ1n) is 11.6. The Hall–Kier alpha value is -3.21. The van der Waals surface area contributed by atoms with E-state index in [1.807, 2.05) is 41.1 Å². The Morgan fingerprint density at radius 2 is 1.62 bits per heavy atom.